The molecule has 1 unspecified atom stereocenters. The lowest BCUT2D eigenvalue weighted by Gasteiger charge is -2.26. The highest BCUT2D eigenvalue weighted by Crippen LogP contribution is 2.47. The number of carbonyl (C=O) groups excluding carboxylic acids is 2. The van der Waals surface area contributed by atoms with Gasteiger partial charge in [0.2, 0.25) is 5.78 Å². The number of thiazole rings is 2. The van der Waals surface area contributed by atoms with Gasteiger partial charge in [0, 0.05) is 5.56 Å². The van der Waals surface area contributed by atoms with Crippen molar-refractivity contribution in [3.05, 3.63) is 80.0 Å². The second-order valence-electron chi connectivity index (χ2n) is 9.13. The molecule has 37 heavy (non-hydrogen) atoms. The number of fused-ring (bicyclic) bond motifs is 1. The van der Waals surface area contributed by atoms with Crippen molar-refractivity contribution in [1.29, 1.82) is 0 Å². The Morgan fingerprint density at radius 3 is 2.57 bits per heavy atom. The van der Waals surface area contributed by atoms with Crippen LogP contribution in [0.25, 0.3) is 10.2 Å². The van der Waals surface area contributed by atoms with E-state index in [0.29, 0.717) is 33.6 Å². The second kappa shape index (κ2) is 9.72. The number of Topliss-reactive ketones (excluding diaryl/α,β-unsaturated/α-hetero) is 1. The average Bonchev–Trinajstić information content (AvgIpc) is 3.51. The minimum atomic E-state index is -0.906. The van der Waals surface area contributed by atoms with Gasteiger partial charge >= 0.3 is 0 Å². The number of ether oxygens (including phenoxy) is 1. The van der Waals surface area contributed by atoms with E-state index in [1.54, 1.807) is 6.92 Å². The molecule has 2 aromatic heterocycles. The topological polar surface area (TPSA) is 92.6 Å². The first-order chi connectivity index (χ1) is 17.7. The van der Waals surface area contributed by atoms with E-state index in [0.717, 1.165) is 32.8 Å². The summed E-state index contributed by atoms with van der Waals surface area (Å²) in [6, 6.07) is 10.5. The first-order valence-corrected chi connectivity index (χ1v) is 13.7. The van der Waals surface area contributed by atoms with Crippen LogP contribution in [0.4, 0.5) is 5.13 Å². The number of anilines is 1. The third-order valence-corrected chi connectivity index (χ3v) is 8.34. The number of hydrogen-bond acceptors (Lipinski definition) is 8. The predicted molar refractivity (Wildman–Crippen MR) is 147 cm³/mol. The van der Waals surface area contributed by atoms with Crippen LogP contribution in [0.5, 0.6) is 5.75 Å². The molecule has 1 aliphatic rings. The Kier molecular flexibility index (Phi) is 6.59. The summed E-state index contributed by atoms with van der Waals surface area (Å²) in [5, 5.41) is 12.3. The molecule has 9 heteroatoms. The molecule has 0 aliphatic carbocycles. The van der Waals surface area contributed by atoms with Crippen LogP contribution in [0.15, 0.2) is 47.7 Å². The van der Waals surface area contributed by atoms with Crippen molar-refractivity contribution in [1.82, 2.24) is 9.97 Å². The van der Waals surface area contributed by atoms with Crippen LogP contribution in [0.3, 0.4) is 0 Å². The summed E-state index contributed by atoms with van der Waals surface area (Å²) in [5.74, 6) is -1.10. The van der Waals surface area contributed by atoms with Crippen LogP contribution in [-0.4, -0.2) is 33.4 Å². The third kappa shape index (κ3) is 4.32. The number of aliphatic hydroxyl groups is 1. The molecule has 190 valence electrons. The largest absolute Gasteiger partial charge is 0.503 e. The summed E-state index contributed by atoms with van der Waals surface area (Å²) in [6.07, 6.45) is 0.796. The van der Waals surface area contributed by atoms with Crippen molar-refractivity contribution in [2.75, 3.05) is 11.5 Å². The molecule has 5 rings (SSSR count). The van der Waals surface area contributed by atoms with Gasteiger partial charge in [-0.1, -0.05) is 42.5 Å². The number of benzene rings is 2. The van der Waals surface area contributed by atoms with Gasteiger partial charge < -0.3 is 9.84 Å². The first-order valence-electron chi connectivity index (χ1n) is 12.1. The van der Waals surface area contributed by atoms with E-state index in [9.17, 15) is 14.7 Å². The molecule has 1 N–H and O–H groups in total. The van der Waals surface area contributed by atoms with Gasteiger partial charge in [0.05, 0.1) is 38.0 Å². The van der Waals surface area contributed by atoms with Gasteiger partial charge in [0.25, 0.3) is 5.91 Å². The van der Waals surface area contributed by atoms with Crippen molar-refractivity contribution in [3.8, 4) is 5.75 Å². The number of amides is 1. The van der Waals surface area contributed by atoms with Gasteiger partial charge in [0.1, 0.15) is 11.8 Å². The van der Waals surface area contributed by atoms with Crippen molar-refractivity contribution in [3.63, 3.8) is 0 Å². The van der Waals surface area contributed by atoms with Crippen LogP contribution in [0, 0.1) is 27.7 Å². The SMILES string of the molecule is CCCOc1ccccc1C1C(C(=O)c2sc(C)nc2C)=C(O)C(=O)N1c1nc2c(C)cc(C)cc2s1. The molecule has 0 spiro atoms. The lowest BCUT2D eigenvalue weighted by molar-refractivity contribution is -0.117. The number of carbonyl (C=O) groups is 2. The van der Waals surface area contributed by atoms with Crippen LogP contribution in [0.1, 0.15) is 56.4 Å². The molecule has 4 aromatic rings. The molecule has 1 atom stereocenters. The maximum atomic E-state index is 13.9. The van der Waals surface area contributed by atoms with Gasteiger partial charge in [-0.2, -0.15) is 0 Å². The number of para-hydroxylation sites is 1. The number of hydrogen-bond donors (Lipinski definition) is 1. The monoisotopic (exact) mass is 533 g/mol. The van der Waals surface area contributed by atoms with E-state index >= 15 is 0 Å². The van der Waals surface area contributed by atoms with Crippen LogP contribution < -0.4 is 9.64 Å². The Labute approximate surface area is 223 Å². The Bertz CT molecular complexity index is 1580. The summed E-state index contributed by atoms with van der Waals surface area (Å²) in [5.41, 5.74) is 4.08. The summed E-state index contributed by atoms with van der Waals surface area (Å²) in [6.45, 7) is 10.1. The summed E-state index contributed by atoms with van der Waals surface area (Å²) in [7, 11) is 0. The number of rotatable bonds is 7. The van der Waals surface area contributed by atoms with E-state index in [1.165, 1.54) is 27.6 Å². The molecule has 3 heterocycles. The number of ketones is 1. The lowest BCUT2D eigenvalue weighted by atomic mass is 9.94. The standard InChI is InChI=1S/C28H27N3O4S2/c1-6-11-35-19-10-8-7-9-18(19)23-21(24(32)26-16(4)29-17(5)36-26)25(33)27(34)31(23)28-30-22-15(3)12-14(2)13-20(22)37-28/h7-10,12-13,23,33H,6,11H2,1-5H3. The van der Waals surface area contributed by atoms with Crippen molar-refractivity contribution < 1.29 is 19.4 Å². The van der Waals surface area contributed by atoms with E-state index in [1.807, 2.05) is 64.1 Å². The number of aromatic nitrogens is 2. The van der Waals surface area contributed by atoms with Crippen molar-refractivity contribution >= 4 is 49.7 Å². The molecule has 0 fully saturated rings. The van der Waals surface area contributed by atoms with Crippen molar-refractivity contribution in [2.45, 2.75) is 47.1 Å². The normalized spacial score (nSPS) is 15.8. The lowest BCUT2D eigenvalue weighted by Crippen LogP contribution is -2.31. The summed E-state index contributed by atoms with van der Waals surface area (Å²) < 4.78 is 6.96. The van der Waals surface area contributed by atoms with Gasteiger partial charge in [-0.25, -0.2) is 9.97 Å². The Hall–Kier alpha value is -3.56. The number of nitrogens with zero attached hydrogens (tertiary/aromatic N) is 3. The van der Waals surface area contributed by atoms with Gasteiger partial charge in [-0.05, 0) is 57.4 Å². The van der Waals surface area contributed by atoms with Gasteiger partial charge in [-0.3, -0.25) is 14.5 Å². The zero-order valence-electron chi connectivity index (χ0n) is 21.3. The molecule has 7 nitrogen and oxygen atoms in total. The van der Waals surface area contributed by atoms with Crippen LogP contribution >= 0.6 is 22.7 Å². The molecule has 1 amide bonds. The Morgan fingerprint density at radius 1 is 1.11 bits per heavy atom. The van der Waals surface area contributed by atoms with Crippen molar-refractivity contribution in [2.24, 2.45) is 0 Å². The highest BCUT2D eigenvalue weighted by atomic mass is 32.1. The van der Waals surface area contributed by atoms with Crippen LogP contribution in [-0.2, 0) is 4.79 Å². The average molecular weight is 534 g/mol. The highest BCUT2D eigenvalue weighted by molar-refractivity contribution is 7.22. The smallest absolute Gasteiger partial charge is 0.296 e. The fourth-order valence-electron chi connectivity index (χ4n) is 4.70. The fourth-order valence-corrected chi connectivity index (χ4v) is 6.75. The summed E-state index contributed by atoms with van der Waals surface area (Å²) >= 11 is 2.61. The first kappa shape index (κ1) is 25.1. The Morgan fingerprint density at radius 2 is 1.86 bits per heavy atom. The van der Waals surface area contributed by atoms with Gasteiger partial charge in [-0.15, -0.1) is 11.3 Å². The number of aliphatic hydroxyl groups excluding tert-OH is 1. The molecule has 0 saturated carbocycles. The maximum absolute atomic E-state index is 13.9. The molecule has 2 aromatic carbocycles. The fraction of sp³-hybridized carbons (Fsp3) is 0.286. The molecule has 0 radical (unpaired) electrons. The quantitative estimate of drug-likeness (QED) is 0.271. The van der Waals surface area contributed by atoms with Gasteiger partial charge in [0.15, 0.2) is 10.9 Å². The predicted octanol–water partition coefficient (Wildman–Crippen LogP) is 6.56. The number of aryl methyl sites for hydroxylation is 4. The zero-order valence-corrected chi connectivity index (χ0v) is 22.9. The van der Waals surface area contributed by atoms with E-state index in [4.69, 9.17) is 9.72 Å². The minimum absolute atomic E-state index is 0.0106. The minimum Gasteiger partial charge on any atom is -0.503 e. The molecule has 1 aliphatic heterocycles. The molecule has 0 saturated heterocycles. The molecule has 0 bridgehead atoms. The van der Waals surface area contributed by atoms with Crippen LogP contribution in [0.2, 0.25) is 0 Å². The molecular weight excluding hydrogens is 506 g/mol. The van der Waals surface area contributed by atoms with E-state index in [-0.39, 0.29) is 5.57 Å². The van der Waals surface area contributed by atoms with E-state index in [2.05, 4.69) is 4.98 Å². The third-order valence-electron chi connectivity index (χ3n) is 6.26. The maximum Gasteiger partial charge on any atom is 0.296 e. The van der Waals surface area contributed by atoms with E-state index < -0.39 is 23.5 Å². The molecular formula is C28H27N3O4S2. The highest BCUT2D eigenvalue weighted by Gasteiger charge is 2.47. The second-order valence-corrected chi connectivity index (χ2v) is 11.3. The summed E-state index contributed by atoms with van der Waals surface area (Å²) in [4.78, 5) is 38.6. The zero-order chi connectivity index (χ0) is 26.4. The Balaban J connectivity index is 1.72.